The van der Waals surface area contributed by atoms with Gasteiger partial charge in [0.2, 0.25) is 0 Å². The molecule has 0 spiro atoms. The lowest BCUT2D eigenvalue weighted by atomic mass is 9.99. The minimum atomic E-state index is -1.01. The Hall–Kier alpha value is -2.30. The van der Waals surface area contributed by atoms with Crippen LogP contribution >= 0.6 is 0 Å². The van der Waals surface area contributed by atoms with Crippen LogP contribution in [0.25, 0.3) is 10.9 Å². The fourth-order valence-corrected chi connectivity index (χ4v) is 2.27. The number of hydrogen-bond donors (Lipinski definition) is 3. The number of amides is 1. The van der Waals surface area contributed by atoms with Crippen molar-refractivity contribution in [3.8, 4) is 0 Å². The number of rotatable bonds is 5. The summed E-state index contributed by atoms with van der Waals surface area (Å²) in [5.74, 6) is -1.53. The van der Waals surface area contributed by atoms with Crippen LogP contribution in [-0.2, 0) is 4.79 Å². The van der Waals surface area contributed by atoms with E-state index in [-0.39, 0.29) is 5.92 Å². The van der Waals surface area contributed by atoms with Gasteiger partial charge in [0.1, 0.15) is 11.7 Å². The molecule has 2 rings (SSSR count). The van der Waals surface area contributed by atoms with E-state index in [0.717, 1.165) is 16.5 Å². The van der Waals surface area contributed by atoms with E-state index < -0.39 is 17.9 Å². The molecule has 1 amide bonds. The summed E-state index contributed by atoms with van der Waals surface area (Å²) in [6.07, 6.45) is 0.684. The normalized spacial score (nSPS) is 13.9. The van der Waals surface area contributed by atoms with Gasteiger partial charge in [-0.05, 0) is 30.5 Å². The van der Waals surface area contributed by atoms with Crippen molar-refractivity contribution in [2.75, 3.05) is 0 Å². The van der Waals surface area contributed by atoms with Gasteiger partial charge in [-0.15, -0.1) is 0 Å². The van der Waals surface area contributed by atoms with E-state index >= 15 is 0 Å². The Morgan fingerprint density at radius 1 is 1.33 bits per heavy atom. The highest BCUT2D eigenvalue weighted by molar-refractivity contribution is 5.99. The standard InChI is InChI=1S/C16H20N2O3/c1-4-10(3)14(16(20)21)18-15(19)13-8-11-6-5-9(2)7-12(11)17-13/h5-8,10,14,17H,4H2,1-3H3,(H,18,19)(H,20,21). The van der Waals surface area contributed by atoms with Crippen molar-refractivity contribution in [1.82, 2.24) is 10.3 Å². The number of nitrogens with one attached hydrogen (secondary N) is 2. The molecule has 0 aliphatic rings. The predicted molar refractivity (Wildman–Crippen MR) is 81.4 cm³/mol. The van der Waals surface area contributed by atoms with Gasteiger partial charge in [-0.3, -0.25) is 4.79 Å². The lowest BCUT2D eigenvalue weighted by Crippen LogP contribution is -2.45. The second-order valence-electron chi connectivity index (χ2n) is 5.45. The maximum absolute atomic E-state index is 12.2. The van der Waals surface area contributed by atoms with E-state index in [1.54, 1.807) is 6.07 Å². The lowest BCUT2D eigenvalue weighted by molar-refractivity contribution is -0.140. The van der Waals surface area contributed by atoms with Crippen molar-refractivity contribution in [1.29, 1.82) is 0 Å². The third-order valence-electron chi connectivity index (χ3n) is 3.79. The fraction of sp³-hybridized carbons (Fsp3) is 0.375. The summed E-state index contributed by atoms with van der Waals surface area (Å²) >= 11 is 0. The van der Waals surface area contributed by atoms with Crippen LogP contribution in [0.4, 0.5) is 0 Å². The van der Waals surface area contributed by atoms with E-state index in [9.17, 15) is 14.7 Å². The van der Waals surface area contributed by atoms with Gasteiger partial charge in [0.25, 0.3) is 5.91 Å². The Bertz CT molecular complexity index is 675. The molecule has 2 atom stereocenters. The first kappa shape index (κ1) is 15.1. The zero-order valence-electron chi connectivity index (χ0n) is 12.4. The van der Waals surface area contributed by atoms with Crippen LogP contribution in [0.2, 0.25) is 0 Å². The number of aliphatic carboxylic acids is 1. The smallest absolute Gasteiger partial charge is 0.326 e. The molecule has 0 aliphatic heterocycles. The van der Waals surface area contributed by atoms with Crippen LogP contribution in [-0.4, -0.2) is 28.0 Å². The minimum absolute atomic E-state index is 0.127. The molecule has 5 nitrogen and oxygen atoms in total. The molecule has 2 aromatic rings. The molecule has 112 valence electrons. The Balaban J connectivity index is 2.23. The van der Waals surface area contributed by atoms with Crippen LogP contribution in [0.3, 0.4) is 0 Å². The molecule has 0 fully saturated rings. The molecule has 1 aromatic carbocycles. The minimum Gasteiger partial charge on any atom is -0.480 e. The number of benzene rings is 1. The molecule has 0 radical (unpaired) electrons. The van der Waals surface area contributed by atoms with E-state index in [1.807, 2.05) is 39.0 Å². The molecular formula is C16H20N2O3. The van der Waals surface area contributed by atoms with Gasteiger partial charge in [0.15, 0.2) is 0 Å². The summed E-state index contributed by atoms with van der Waals surface area (Å²) in [5, 5.41) is 12.7. The zero-order valence-corrected chi connectivity index (χ0v) is 12.4. The van der Waals surface area contributed by atoms with Gasteiger partial charge in [-0.2, -0.15) is 0 Å². The van der Waals surface area contributed by atoms with Crippen molar-refractivity contribution in [2.24, 2.45) is 5.92 Å². The first-order valence-electron chi connectivity index (χ1n) is 7.05. The molecule has 5 heteroatoms. The number of carboxylic acids is 1. The molecule has 1 heterocycles. The van der Waals surface area contributed by atoms with Gasteiger partial charge >= 0.3 is 5.97 Å². The number of hydrogen-bond acceptors (Lipinski definition) is 2. The number of carbonyl (C=O) groups excluding carboxylic acids is 1. The lowest BCUT2D eigenvalue weighted by Gasteiger charge is -2.19. The summed E-state index contributed by atoms with van der Waals surface area (Å²) in [6.45, 7) is 5.69. The van der Waals surface area contributed by atoms with Gasteiger partial charge in [0.05, 0.1) is 0 Å². The average Bonchev–Trinajstić information content (AvgIpc) is 2.86. The van der Waals surface area contributed by atoms with Crippen LogP contribution in [0.1, 0.15) is 36.3 Å². The number of H-pyrrole nitrogens is 1. The second-order valence-corrected chi connectivity index (χ2v) is 5.45. The topological polar surface area (TPSA) is 82.2 Å². The Labute approximate surface area is 123 Å². The summed E-state index contributed by atoms with van der Waals surface area (Å²) in [6, 6.07) is 6.71. The fourth-order valence-electron chi connectivity index (χ4n) is 2.27. The highest BCUT2D eigenvalue weighted by atomic mass is 16.4. The van der Waals surface area contributed by atoms with Crippen LogP contribution < -0.4 is 5.32 Å². The van der Waals surface area contributed by atoms with Gasteiger partial charge in [-0.25, -0.2) is 4.79 Å². The van der Waals surface area contributed by atoms with Crippen molar-refractivity contribution in [2.45, 2.75) is 33.2 Å². The molecule has 21 heavy (non-hydrogen) atoms. The van der Waals surface area contributed by atoms with Crippen molar-refractivity contribution < 1.29 is 14.7 Å². The molecule has 1 aromatic heterocycles. The van der Waals surface area contributed by atoms with Crippen LogP contribution in [0.5, 0.6) is 0 Å². The third kappa shape index (κ3) is 3.24. The van der Waals surface area contributed by atoms with Crippen molar-refractivity contribution in [3.63, 3.8) is 0 Å². The van der Waals surface area contributed by atoms with Crippen molar-refractivity contribution >= 4 is 22.8 Å². The first-order valence-corrected chi connectivity index (χ1v) is 7.05. The number of carboxylic acid groups (broad SMARTS) is 1. The van der Waals surface area contributed by atoms with Gasteiger partial charge < -0.3 is 15.4 Å². The molecular weight excluding hydrogens is 268 g/mol. The number of fused-ring (bicyclic) bond motifs is 1. The molecule has 0 bridgehead atoms. The van der Waals surface area contributed by atoms with Crippen LogP contribution in [0, 0.1) is 12.8 Å². The molecule has 0 saturated heterocycles. The molecule has 0 saturated carbocycles. The zero-order chi connectivity index (χ0) is 15.6. The summed E-state index contributed by atoms with van der Waals surface area (Å²) in [5.41, 5.74) is 2.35. The quantitative estimate of drug-likeness (QED) is 0.791. The molecule has 3 N–H and O–H groups in total. The maximum atomic E-state index is 12.2. The first-order chi connectivity index (χ1) is 9.92. The van der Waals surface area contributed by atoms with E-state index in [4.69, 9.17) is 0 Å². The molecule has 2 unspecified atom stereocenters. The average molecular weight is 288 g/mol. The predicted octanol–water partition coefficient (Wildman–Crippen LogP) is 2.71. The number of carbonyl (C=O) groups is 2. The summed E-state index contributed by atoms with van der Waals surface area (Å²) in [7, 11) is 0. The Morgan fingerprint density at radius 2 is 2.05 bits per heavy atom. The Morgan fingerprint density at radius 3 is 2.67 bits per heavy atom. The summed E-state index contributed by atoms with van der Waals surface area (Å²) < 4.78 is 0. The van der Waals surface area contributed by atoms with E-state index in [1.165, 1.54) is 0 Å². The van der Waals surface area contributed by atoms with Gasteiger partial charge in [-0.1, -0.05) is 32.4 Å². The largest absolute Gasteiger partial charge is 0.480 e. The highest BCUT2D eigenvalue weighted by Crippen LogP contribution is 2.17. The van der Waals surface area contributed by atoms with Gasteiger partial charge in [0, 0.05) is 10.9 Å². The number of aryl methyl sites for hydroxylation is 1. The molecule has 0 aliphatic carbocycles. The SMILES string of the molecule is CCC(C)C(NC(=O)c1cc2ccc(C)cc2[nH]1)C(=O)O. The van der Waals surface area contributed by atoms with Crippen molar-refractivity contribution in [3.05, 3.63) is 35.5 Å². The Kier molecular flexibility index (Phi) is 4.31. The number of aromatic nitrogens is 1. The highest BCUT2D eigenvalue weighted by Gasteiger charge is 2.26. The monoisotopic (exact) mass is 288 g/mol. The number of aromatic amines is 1. The van der Waals surface area contributed by atoms with Crippen LogP contribution in [0.15, 0.2) is 24.3 Å². The summed E-state index contributed by atoms with van der Waals surface area (Å²) in [4.78, 5) is 26.5. The van der Waals surface area contributed by atoms with E-state index in [0.29, 0.717) is 12.1 Å². The van der Waals surface area contributed by atoms with E-state index in [2.05, 4.69) is 10.3 Å². The maximum Gasteiger partial charge on any atom is 0.326 e. The third-order valence-corrected chi connectivity index (χ3v) is 3.79. The second kappa shape index (κ2) is 5.99.